The average molecular weight is 347 g/mol. The summed E-state index contributed by atoms with van der Waals surface area (Å²) in [6, 6.07) is 4.10. The van der Waals surface area contributed by atoms with Crippen LogP contribution >= 0.6 is 27.5 Å². The van der Waals surface area contributed by atoms with Gasteiger partial charge < -0.3 is 5.73 Å². The lowest BCUT2D eigenvalue weighted by molar-refractivity contribution is 0.568. The predicted octanol–water partition coefficient (Wildman–Crippen LogP) is 3.53. The van der Waals surface area contributed by atoms with Crippen LogP contribution < -0.4 is 5.73 Å². The second-order valence-electron chi connectivity index (χ2n) is 4.45. The molecular formula is C13H14BrClFN3. The van der Waals surface area contributed by atoms with E-state index in [1.165, 1.54) is 6.07 Å². The number of nitrogens with two attached hydrogens (primary N) is 1. The topological polar surface area (TPSA) is 43.8 Å². The summed E-state index contributed by atoms with van der Waals surface area (Å²) in [5, 5.41) is 4.66. The SMILES string of the molecule is Cc1nn(C)c(CC(N)c2ccc(Cl)cc2F)c1Br. The normalized spacial score (nSPS) is 12.7. The van der Waals surface area contributed by atoms with Crippen LogP contribution in [-0.2, 0) is 13.5 Å². The molecule has 0 bridgehead atoms. The fourth-order valence-electron chi connectivity index (χ4n) is 2.02. The minimum atomic E-state index is -0.441. The van der Waals surface area contributed by atoms with Crippen LogP contribution in [0.2, 0.25) is 5.02 Å². The molecule has 0 spiro atoms. The van der Waals surface area contributed by atoms with Gasteiger partial charge in [-0.15, -0.1) is 0 Å². The van der Waals surface area contributed by atoms with Gasteiger partial charge in [0.25, 0.3) is 0 Å². The lowest BCUT2D eigenvalue weighted by atomic mass is 10.0. The summed E-state index contributed by atoms with van der Waals surface area (Å²) in [7, 11) is 1.85. The summed E-state index contributed by atoms with van der Waals surface area (Å²) in [6.45, 7) is 1.90. The van der Waals surface area contributed by atoms with E-state index >= 15 is 0 Å². The van der Waals surface area contributed by atoms with Crippen molar-refractivity contribution in [3.05, 3.63) is 50.5 Å². The fraction of sp³-hybridized carbons (Fsp3) is 0.308. The first-order valence-corrected chi connectivity index (χ1v) is 6.95. The average Bonchev–Trinajstić information content (AvgIpc) is 2.56. The third-order valence-corrected chi connectivity index (χ3v) is 4.30. The number of halogens is 3. The largest absolute Gasteiger partial charge is 0.324 e. The number of benzene rings is 1. The van der Waals surface area contributed by atoms with Crippen LogP contribution in [0.5, 0.6) is 0 Å². The van der Waals surface area contributed by atoms with Crippen LogP contribution in [0.25, 0.3) is 0 Å². The first-order valence-electron chi connectivity index (χ1n) is 5.78. The molecule has 1 aromatic heterocycles. The van der Waals surface area contributed by atoms with Gasteiger partial charge in [-0.25, -0.2) is 4.39 Å². The van der Waals surface area contributed by atoms with Crippen molar-refractivity contribution in [3.63, 3.8) is 0 Å². The van der Waals surface area contributed by atoms with Gasteiger partial charge in [-0.3, -0.25) is 4.68 Å². The molecule has 6 heteroatoms. The Bertz CT molecular complexity index is 612. The van der Waals surface area contributed by atoms with Crippen LogP contribution in [0.1, 0.15) is 23.0 Å². The molecule has 2 aromatic rings. The van der Waals surface area contributed by atoms with Crippen molar-refractivity contribution in [2.45, 2.75) is 19.4 Å². The van der Waals surface area contributed by atoms with Crippen molar-refractivity contribution in [1.29, 1.82) is 0 Å². The highest BCUT2D eigenvalue weighted by Gasteiger charge is 2.17. The first-order chi connectivity index (χ1) is 8.90. The summed E-state index contributed by atoms with van der Waals surface area (Å²) in [5.74, 6) is -0.380. The smallest absolute Gasteiger partial charge is 0.129 e. The van der Waals surface area contributed by atoms with Gasteiger partial charge in [0.05, 0.1) is 15.9 Å². The molecule has 1 heterocycles. The maximum Gasteiger partial charge on any atom is 0.129 e. The molecule has 19 heavy (non-hydrogen) atoms. The van der Waals surface area contributed by atoms with Crippen LogP contribution in [0.15, 0.2) is 22.7 Å². The highest BCUT2D eigenvalue weighted by atomic mass is 79.9. The van der Waals surface area contributed by atoms with E-state index in [0.717, 1.165) is 15.9 Å². The van der Waals surface area contributed by atoms with E-state index in [0.29, 0.717) is 17.0 Å². The van der Waals surface area contributed by atoms with E-state index in [-0.39, 0.29) is 5.82 Å². The van der Waals surface area contributed by atoms with Crippen molar-refractivity contribution >= 4 is 27.5 Å². The Labute approximate surface area is 124 Å². The van der Waals surface area contributed by atoms with Crippen LogP contribution in [-0.4, -0.2) is 9.78 Å². The number of rotatable bonds is 3. The van der Waals surface area contributed by atoms with Gasteiger partial charge in [-0.05, 0) is 35.0 Å². The minimum absolute atomic E-state index is 0.367. The molecule has 0 saturated carbocycles. The first kappa shape index (κ1) is 14.5. The zero-order valence-corrected chi connectivity index (χ0v) is 13.0. The molecule has 3 nitrogen and oxygen atoms in total. The zero-order valence-electron chi connectivity index (χ0n) is 10.6. The van der Waals surface area contributed by atoms with Gasteiger partial charge in [-0.2, -0.15) is 5.10 Å². The highest BCUT2D eigenvalue weighted by molar-refractivity contribution is 9.10. The van der Waals surface area contributed by atoms with Crippen LogP contribution in [0.3, 0.4) is 0 Å². The number of aryl methyl sites for hydroxylation is 2. The van der Waals surface area contributed by atoms with Crippen molar-refractivity contribution in [2.24, 2.45) is 12.8 Å². The van der Waals surface area contributed by atoms with Gasteiger partial charge in [0.1, 0.15) is 5.82 Å². The Morgan fingerprint density at radius 2 is 2.21 bits per heavy atom. The van der Waals surface area contributed by atoms with Crippen molar-refractivity contribution < 1.29 is 4.39 Å². The highest BCUT2D eigenvalue weighted by Crippen LogP contribution is 2.26. The molecule has 2 N–H and O–H groups in total. The molecule has 0 aliphatic heterocycles. The Hall–Kier alpha value is -0.910. The molecule has 102 valence electrons. The van der Waals surface area contributed by atoms with Gasteiger partial charge in [0.15, 0.2) is 0 Å². The Morgan fingerprint density at radius 1 is 1.53 bits per heavy atom. The monoisotopic (exact) mass is 345 g/mol. The third kappa shape index (κ3) is 2.99. The molecule has 0 aliphatic rings. The quantitative estimate of drug-likeness (QED) is 0.924. The second kappa shape index (κ2) is 5.61. The van der Waals surface area contributed by atoms with Crippen molar-refractivity contribution in [2.75, 3.05) is 0 Å². The summed E-state index contributed by atoms with van der Waals surface area (Å²) in [4.78, 5) is 0. The van der Waals surface area contributed by atoms with Crippen LogP contribution in [0.4, 0.5) is 4.39 Å². The number of nitrogens with zero attached hydrogens (tertiary/aromatic N) is 2. The zero-order chi connectivity index (χ0) is 14.2. The predicted molar refractivity (Wildman–Crippen MR) is 77.7 cm³/mol. The molecule has 0 radical (unpaired) electrons. The summed E-state index contributed by atoms with van der Waals surface area (Å²) >= 11 is 9.21. The standard InChI is InChI=1S/C13H14BrClFN3/c1-7-13(14)12(19(2)18-7)6-11(17)9-4-3-8(15)5-10(9)16/h3-5,11H,6,17H2,1-2H3. The van der Waals surface area contributed by atoms with Crippen molar-refractivity contribution in [1.82, 2.24) is 9.78 Å². The molecule has 0 aliphatic carbocycles. The number of hydrogen-bond donors (Lipinski definition) is 1. The molecule has 1 aromatic carbocycles. The van der Waals surface area contributed by atoms with E-state index in [1.807, 2.05) is 14.0 Å². The lowest BCUT2D eigenvalue weighted by Gasteiger charge is -2.14. The fourth-order valence-corrected chi connectivity index (χ4v) is 2.68. The molecular weight excluding hydrogens is 333 g/mol. The van der Waals surface area contributed by atoms with Gasteiger partial charge in [0, 0.05) is 30.1 Å². The Morgan fingerprint density at radius 3 is 2.74 bits per heavy atom. The van der Waals surface area contributed by atoms with Gasteiger partial charge in [0.2, 0.25) is 0 Å². The maximum atomic E-state index is 13.8. The molecule has 1 unspecified atom stereocenters. The number of hydrogen-bond acceptors (Lipinski definition) is 2. The van der Waals surface area contributed by atoms with E-state index < -0.39 is 6.04 Å². The molecule has 0 amide bonds. The number of aromatic nitrogens is 2. The lowest BCUT2D eigenvalue weighted by Crippen LogP contribution is -2.17. The van der Waals surface area contributed by atoms with E-state index in [2.05, 4.69) is 21.0 Å². The van der Waals surface area contributed by atoms with E-state index in [4.69, 9.17) is 17.3 Å². The van der Waals surface area contributed by atoms with E-state index in [1.54, 1.807) is 16.8 Å². The summed E-state index contributed by atoms with van der Waals surface area (Å²) in [5.41, 5.74) is 8.37. The molecule has 0 saturated heterocycles. The third-order valence-electron chi connectivity index (χ3n) is 3.04. The van der Waals surface area contributed by atoms with Gasteiger partial charge >= 0.3 is 0 Å². The molecule has 1 atom stereocenters. The maximum absolute atomic E-state index is 13.8. The van der Waals surface area contributed by atoms with Crippen molar-refractivity contribution in [3.8, 4) is 0 Å². The molecule has 2 rings (SSSR count). The van der Waals surface area contributed by atoms with E-state index in [9.17, 15) is 4.39 Å². The van der Waals surface area contributed by atoms with Gasteiger partial charge in [-0.1, -0.05) is 17.7 Å². The Kier molecular flexibility index (Phi) is 4.28. The van der Waals surface area contributed by atoms with Crippen LogP contribution in [0, 0.1) is 12.7 Å². The summed E-state index contributed by atoms with van der Waals surface area (Å²) < 4.78 is 16.5. The molecule has 0 fully saturated rings. The Balaban J connectivity index is 2.28. The summed E-state index contributed by atoms with van der Waals surface area (Å²) in [6.07, 6.45) is 0.497. The minimum Gasteiger partial charge on any atom is -0.324 e. The second-order valence-corrected chi connectivity index (χ2v) is 5.68.